The van der Waals surface area contributed by atoms with Crippen LogP contribution in [0.5, 0.6) is 5.75 Å². The fraction of sp³-hybridized carbons (Fsp3) is 0.588. The summed E-state index contributed by atoms with van der Waals surface area (Å²) in [5.41, 5.74) is 7.14. The number of carbonyl (C=O) groups is 1. The first-order valence-electron chi connectivity index (χ1n) is 8.04. The molecule has 0 bridgehead atoms. The predicted octanol–water partition coefficient (Wildman–Crippen LogP) is 1.40. The van der Waals surface area contributed by atoms with Crippen molar-refractivity contribution in [1.82, 2.24) is 10.2 Å². The van der Waals surface area contributed by atoms with E-state index >= 15 is 0 Å². The standard InChI is InChI=1S/C17H25N3O2.ClH/c1-22-16-5-3-2-4-12(16)8-19-17(21)11-20-9-13-6-7-15(18)14(13)10-20;/h2-5,13-15H,6-11,18H2,1H3,(H,19,21);1H. The summed E-state index contributed by atoms with van der Waals surface area (Å²) >= 11 is 0. The Morgan fingerprint density at radius 3 is 2.87 bits per heavy atom. The third-order valence-electron chi connectivity index (χ3n) is 5.02. The average Bonchev–Trinajstić information content (AvgIpc) is 3.07. The molecule has 2 aliphatic rings. The molecule has 1 heterocycles. The summed E-state index contributed by atoms with van der Waals surface area (Å²) in [5, 5.41) is 2.99. The van der Waals surface area contributed by atoms with Crippen molar-refractivity contribution in [2.24, 2.45) is 17.6 Å². The molecule has 128 valence electrons. The summed E-state index contributed by atoms with van der Waals surface area (Å²) in [6.45, 7) is 2.95. The lowest BCUT2D eigenvalue weighted by Gasteiger charge is -2.18. The number of halogens is 1. The molecule has 1 saturated heterocycles. The van der Waals surface area contributed by atoms with Gasteiger partial charge in [-0.05, 0) is 30.7 Å². The van der Waals surface area contributed by atoms with Crippen molar-refractivity contribution in [3.05, 3.63) is 29.8 Å². The highest BCUT2D eigenvalue weighted by Crippen LogP contribution is 2.36. The molecule has 1 saturated carbocycles. The molecular formula is C17H26ClN3O2. The van der Waals surface area contributed by atoms with Gasteiger partial charge in [0.2, 0.25) is 5.91 Å². The van der Waals surface area contributed by atoms with E-state index in [-0.39, 0.29) is 18.3 Å². The van der Waals surface area contributed by atoms with Crippen LogP contribution in [0.1, 0.15) is 18.4 Å². The van der Waals surface area contributed by atoms with E-state index in [1.807, 2.05) is 24.3 Å². The van der Waals surface area contributed by atoms with Gasteiger partial charge in [-0.15, -0.1) is 12.4 Å². The number of nitrogens with two attached hydrogens (primary N) is 1. The Hall–Kier alpha value is -1.30. The predicted molar refractivity (Wildman–Crippen MR) is 92.7 cm³/mol. The Morgan fingerprint density at radius 1 is 1.35 bits per heavy atom. The van der Waals surface area contributed by atoms with Crippen molar-refractivity contribution in [3.8, 4) is 5.75 Å². The topological polar surface area (TPSA) is 67.6 Å². The summed E-state index contributed by atoms with van der Waals surface area (Å²) < 4.78 is 5.30. The maximum Gasteiger partial charge on any atom is 0.234 e. The van der Waals surface area contributed by atoms with Gasteiger partial charge < -0.3 is 15.8 Å². The highest BCUT2D eigenvalue weighted by Gasteiger charge is 2.41. The number of para-hydroxylation sites is 1. The van der Waals surface area contributed by atoms with Gasteiger partial charge in [-0.25, -0.2) is 0 Å². The third-order valence-corrected chi connectivity index (χ3v) is 5.02. The van der Waals surface area contributed by atoms with Gasteiger partial charge in [0.05, 0.1) is 13.7 Å². The maximum absolute atomic E-state index is 12.1. The van der Waals surface area contributed by atoms with E-state index in [1.54, 1.807) is 7.11 Å². The number of amides is 1. The van der Waals surface area contributed by atoms with Crippen LogP contribution in [0.3, 0.4) is 0 Å². The molecule has 1 aromatic rings. The molecule has 0 aromatic heterocycles. The van der Waals surface area contributed by atoms with Crippen molar-refractivity contribution in [3.63, 3.8) is 0 Å². The van der Waals surface area contributed by atoms with Crippen LogP contribution in [0.4, 0.5) is 0 Å². The molecule has 3 N–H and O–H groups in total. The number of hydrogen-bond acceptors (Lipinski definition) is 4. The van der Waals surface area contributed by atoms with E-state index in [2.05, 4.69) is 10.2 Å². The molecule has 5 nitrogen and oxygen atoms in total. The number of carbonyl (C=O) groups excluding carboxylic acids is 1. The molecule has 3 atom stereocenters. The minimum Gasteiger partial charge on any atom is -0.496 e. The number of ether oxygens (including phenoxy) is 1. The quantitative estimate of drug-likeness (QED) is 0.851. The smallest absolute Gasteiger partial charge is 0.234 e. The fourth-order valence-corrected chi connectivity index (χ4v) is 3.83. The number of nitrogens with zero attached hydrogens (tertiary/aromatic N) is 1. The molecular weight excluding hydrogens is 314 g/mol. The second-order valence-corrected chi connectivity index (χ2v) is 6.45. The van der Waals surface area contributed by atoms with Crippen LogP contribution in [-0.2, 0) is 11.3 Å². The van der Waals surface area contributed by atoms with E-state index < -0.39 is 0 Å². The van der Waals surface area contributed by atoms with Crippen LogP contribution in [0.25, 0.3) is 0 Å². The second-order valence-electron chi connectivity index (χ2n) is 6.45. The number of rotatable bonds is 5. The average molecular weight is 340 g/mol. The van der Waals surface area contributed by atoms with Crippen molar-refractivity contribution >= 4 is 18.3 Å². The summed E-state index contributed by atoms with van der Waals surface area (Å²) in [5.74, 6) is 2.16. The van der Waals surface area contributed by atoms with Crippen molar-refractivity contribution < 1.29 is 9.53 Å². The monoisotopic (exact) mass is 339 g/mol. The van der Waals surface area contributed by atoms with E-state index in [0.29, 0.717) is 31.0 Å². The van der Waals surface area contributed by atoms with E-state index in [1.165, 1.54) is 6.42 Å². The SMILES string of the molecule is COc1ccccc1CNC(=O)CN1CC2CCC(N)C2C1.Cl. The van der Waals surface area contributed by atoms with Gasteiger partial charge in [0.1, 0.15) is 5.75 Å². The summed E-state index contributed by atoms with van der Waals surface area (Å²) in [6.07, 6.45) is 2.36. The van der Waals surface area contributed by atoms with Crippen molar-refractivity contribution in [2.75, 3.05) is 26.7 Å². The minimum atomic E-state index is 0. The first-order chi connectivity index (χ1) is 10.7. The van der Waals surface area contributed by atoms with Gasteiger partial charge in [0.15, 0.2) is 0 Å². The molecule has 1 amide bonds. The molecule has 3 unspecified atom stereocenters. The highest BCUT2D eigenvalue weighted by molar-refractivity contribution is 5.85. The lowest BCUT2D eigenvalue weighted by Crippen LogP contribution is -2.37. The number of likely N-dealkylation sites (tertiary alicyclic amines) is 1. The molecule has 1 aliphatic carbocycles. The van der Waals surface area contributed by atoms with Crippen LogP contribution in [0, 0.1) is 11.8 Å². The van der Waals surface area contributed by atoms with E-state index in [0.717, 1.165) is 30.8 Å². The maximum atomic E-state index is 12.1. The number of benzene rings is 1. The zero-order valence-corrected chi connectivity index (χ0v) is 14.3. The van der Waals surface area contributed by atoms with Crippen LogP contribution < -0.4 is 15.8 Å². The summed E-state index contributed by atoms with van der Waals surface area (Å²) in [6, 6.07) is 8.08. The van der Waals surface area contributed by atoms with Crippen molar-refractivity contribution in [1.29, 1.82) is 0 Å². The molecule has 3 rings (SSSR count). The molecule has 0 spiro atoms. The number of nitrogens with one attached hydrogen (secondary N) is 1. The summed E-state index contributed by atoms with van der Waals surface area (Å²) in [4.78, 5) is 14.4. The molecule has 2 fully saturated rings. The Kier molecular flexibility index (Phi) is 6.27. The number of methoxy groups -OCH3 is 1. The largest absolute Gasteiger partial charge is 0.496 e. The van der Waals surface area contributed by atoms with Gasteiger partial charge in [-0.2, -0.15) is 0 Å². The Morgan fingerprint density at radius 2 is 2.13 bits per heavy atom. The normalized spacial score (nSPS) is 26.4. The number of hydrogen-bond donors (Lipinski definition) is 2. The van der Waals surface area contributed by atoms with Crippen molar-refractivity contribution in [2.45, 2.75) is 25.4 Å². The van der Waals surface area contributed by atoms with Crippen LogP contribution in [-0.4, -0.2) is 43.6 Å². The molecule has 0 radical (unpaired) electrons. The lowest BCUT2D eigenvalue weighted by atomic mass is 9.98. The van der Waals surface area contributed by atoms with E-state index in [4.69, 9.17) is 10.5 Å². The van der Waals surface area contributed by atoms with Gasteiger partial charge in [0, 0.05) is 31.2 Å². The van der Waals surface area contributed by atoms with E-state index in [9.17, 15) is 4.79 Å². The zero-order valence-electron chi connectivity index (χ0n) is 13.5. The van der Waals surface area contributed by atoms with Gasteiger partial charge in [-0.1, -0.05) is 18.2 Å². The lowest BCUT2D eigenvalue weighted by molar-refractivity contribution is -0.122. The molecule has 1 aliphatic heterocycles. The first-order valence-corrected chi connectivity index (χ1v) is 8.04. The van der Waals surface area contributed by atoms with Gasteiger partial charge in [-0.3, -0.25) is 9.69 Å². The third kappa shape index (κ3) is 4.16. The molecule has 6 heteroatoms. The van der Waals surface area contributed by atoms with Crippen LogP contribution >= 0.6 is 12.4 Å². The van der Waals surface area contributed by atoms with Gasteiger partial charge in [0.25, 0.3) is 0 Å². The first kappa shape index (κ1) is 18.0. The number of fused-ring (bicyclic) bond motifs is 1. The Balaban J connectivity index is 0.00000192. The van der Waals surface area contributed by atoms with Crippen LogP contribution in [0.2, 0.25) is 0 Å². The molecule has 1 aromatic carbocycles. The zero-order chi connectivity index (χ0) is 15.5. The Bertz CT molecular complexity index is 540. The Labute approximate surface area is 144 Å². The van der Waals surface area contributed by atoms with Crippen LogP contribution in [0.15, 0.2) is 24.3 Å². The van der Waals surface area contributed by atoms with Gasteiger partial charge >= 0.3 is 0 Å². The minimum absolute atomic E-state index is 0. The fourth-order valence-electron chi connectivity index (χ4n) is 3.83. The second kappa shape index (κ2) is 7.99. The summed E-state index contributed by atoms with van der Waals surface area (Å²) in [7, 11) is 1.65. The highest BCUT2D eigenvalue weighted by atomic mass is 35.5. The molecule has 23 heavy (non-hydrogen) atoms.